The Hall–Kier alpha value is -1.89. The number of methoxy groups -OCH3 is 1. The molecule has 124 valence electrons. The summed E-state index contributed by atoms with van der Waals surface area (Å²) in [6.45, 7) is 6.87. The molecule has 0 spiro atoms. The Morgan fingerprint density at radius 2 is 1.96 bits per heavy atom. The van der Waals surface area contributed by atoms with Crippen LogP contribution in [0.3, 0.4) is 0 Å². The van der Waals surface area contributed by atoms with Crippen molar-refractivity contribution < 1.29 is 9.15 Å². The molecule has 0 amide bonds. The largest absolute Gasteiger partial charge is 0.458 e. The van der Waals surface area contributed by atoms with Gasteiger partial charge in [-0.15, -0.1) is 0 Å². The van der Waals surface area contributed by atoms with Gasteiger partial charge in [-0.1, -0.05) is 0 Å². The van der Waals surface area contributed by atoms with Gasteiger partial charge in [-0.05, 0) is 24.3 Å². The molecule has 0 aromatic carbocycles. The maximum atomic E-state index is 5.95. The number of rotatable bonds is 6. The zero-order chi connectivity index (χ0) is 16.1. The van der Waals surface area contributed by atoms with Gasteiger partial charge in [0.2, 0.25) is 0 Å². The molecule has 2 aromatic heterocycles. The zero-order valence-electron chi connectivity index (χ0n) is 13.6. The third-order valence-corrected chi connectivity index (χ3v) is 4.19. The quantitative estimate of drug-likeness (QED) is 0.875. The molecule has 6 nitrogen and oxygen atoms in total. The summed E-state index contributed by atoms with van der Waals surface area (Å²) in [6.07, 6.45) is 1.73. The Balaban J connectivity index is 1.55. The van der Waals surface area contributed by atoms with Crippen LogP contribution in [0.5, 0.6) is 0 Å². The van der Waals surface area contributed by atoms with E-state index in [1.807, 2.05) is 24.3 Å². The Labute approximate surface area is 136 Å². The van der Waals surface area contributed by atoms with Gasteiger partial charge in [0.1, 0.15) is 11.5 Å². The Morgan fingerprint density at radius 3 is 2.70 bits per heavy atom. The minimum absolute atomic E-state index is 0.639. The summed E-state index contributed by atoms with van der Waals surface area (Å²) in [5.41, 5.74) is 7.30. The smallest absolute Gasteiger partial charge is 0.154 e. The Bertz CT molecular complexity index is 621. The summed E-state index contributed by atoms with van der Waals surface area (Å²) < 4.78 is 11.1. The maximum Gasteiger partial charge on any atom is 0.154 e. The molecule has 1 aliphatic rings. The van der Waals surface area contributed by atoms with E-state index in [2.05, 4.69) is 14.8 Å². The van der Waals surface area contributed by atoms with Gasteiger partial charge in [0.25, 0.3) is 0 Å². The second-order valence-corrected chi connectivity index (χ2v) is 5.82. The molecular weight excluding hydrogens is 292 g/mol. The number of hydrogen-bond acceptors (Lipinski definition) is 6. The van der Waals surface area contributed by atoms with E-state index in [1.165, 1.54) is 0 Å². The van der Waals surface area contributed by atoms with Gasteiger partial charge in [0, 0.05) is 46.0 Å². The van der Waals surface area contributed by atoms with Gasteiger partial charge in [0.15, 0.2) is 5.76 Å². The Morgan fingerprint density at radius 1 is 1.17 bits per heavy atom. The van der Waals surface area contributed by atoms with Gasteiger partial charge in [0.05, 0.1) is 18.8 Å². The molecule has 2 aromatic rings. The fraction of sp³-hybridized carbons (Fsp3) is 0.471. The fourth-order valence-corrected chi connectivity index (χ4v) is 2.83. The molecule has 3 heterocycles. The zero-order valence-corrected chi connectivity index (χ0v) is 13.6. The first kappa shape index (κ1) is 16.0. The highest BCUT2D eigenvalue weighted by Gasteiger charge is 2.18. The number of aromatic nitrogens is 1. The van der Waals surface area contributed by atoms with Crippen LogP contribution in [-0.2, 0) is 11.3 Å². The van der Waals surface area contributed by atoms with E-state index in [-0.39, 0.29) is 0 Å². The number of piperazine rings is 1. The third-order valence-electron chi connectivity index (χ3n) is 4.19. The number of anilines is 1. The summed E-state index contributed by atoms with van der Waals surface area (Å²) >= 11 is 0. The molecule has 0 radical (unpaired) electrons. The number of nitrogens with zero attached hydrogens (tertiary/aromatic N) is 3. The first-order valence-corrected chi connectivity index (χ1v) is 7.99. The van der Waals surface area contributed by atoms with Crippen molar-refractivity contribution in [1.82, 2.24) is 14.8 Å². The molecule has 1 fully saturated rings. The van der Waals surface area contributed by atoms with Gasteiger partial charge in [-0.3, -0.25) is 14.8 Å². The molecule has 2 N–H and O–H groups in total. The highest BCUT2D eigenvalue weighted by Crippen LogP contribution is 2.25. The van der Waals surface area contributed by atoms with Crippen LogP contribution in [0.1, 0.15) is 5.76 Å². The van der Waals surface area contributed by atoms with Crippen molar-refractivity contribution in [3.05, 3.63) is 36.2 Å². The summed E-state index contributed by atoms with van der Waals surface area (Å²) in [5, 5.41) is 0. The highest BCUT2D eigenvalue weighted by molar-refractivity contribution is 5.68. The number of nitrogen functional groups attached to an aromatic ring is 1. The molecule has 0 saturated carbocycles. The van der Waals surface area contributed by atoms with Crippen LogP contribution in [-0.4, -0.2) is 61.2 Å². The van der Waals surface area contributed by atoms with Crippen LogP contribution >= 0.6 is 0 Å². The predicted octanol–water partition coefficient (Wildman–Crippen LogP) is 1.69. The lowest BCUT2D eigenvalue weighted by atomic mass is 10.2. The van der Waals surface area contributed by atoms with Crippen molar-refractivity contribution in [3.63, 3.8) is 0 Å². The van der Waals surface area contributed by atoms with Gasteiger partial charge < -0.3 is 14.9 Å². The average molecular weight is 316 g/mol. The highest BCUT2D eigenvalue weighted by atomic mass is 16.5. The van der Waals surface area contributed by atoms with Crippen LogP contribution in [0.2, 0.25) is 0 Å². The monoisotopic (exact) mass is 316 g/mol. The van der Waals surface area contributed by atoms with E-state index < -0.39 is 0 Å². The number of ether oxygens (including phenoxy) is 1. The summed E-state index contributed by atoms with van der Waals surface area (Å²) in [6, 6.07) is 7.62. The second kappa shape index (κ2) is 7.59. The van der Waals surface area contributed by atoms with E-state index in [0.29, 0.717) is 11.4 Å². The molecule has 23 heavy (non-hydrogen) atoms. The van der Waals surface area contributed by atoms with Crippen molar-refractivity contribution in [3.8, 4) is 11.5 Å². The second-order valence-electron chi connectivity index (χ2n) is 5.82. The van der Waals surface area contributed by atoms with Crippen LogP contribution < -0.4 is 5.73 Å². The number of nitrogens with two attached hydrogens (primary N) is 1. The minimum Gasteiger partial charge on any atom is -0.458 e. The van der Waals surface area contributed by atoms with Crippen molar-refractivity contribution >= 4 is 5.69 Å². The molecule has 0 atom stereocenters. The van der Waals surface area contributed by atoms with Gasteiger partial charge in [-0.2, -0.15) is 0 Å². The predicted molar refractivity (Wildman–Crippen MR) is 89.9 cm³/mol. The number of pyridine rings is 1. The van der Waals surface area contributed by atoms with E-state index >= 15 is 0 Å². The SMILES string of the molecule is COCCN1CCN(Cc2ccc(-c3ncccc3N)o2)CC1. The number of hydrogen-bond donors (Lipinski definition) is 1. The molecular formula is C17H24N4O2. The normalized spacial score (nSPS) is 16.7. The summed E-state index contributed by atoms with van der Waals surface area (Å²) in [4.78, 5) is 9.14. The van der Waals surface area contributed by atoms with Crippen LogP contribution in [0, 0.1) is 0 Å². The van der Waals surface area contributed by atoms with E-state index in [4.69, 9.17) is 14.9 Å². The van der Waals surface area contributed by atoms with Gasteiger partial charge >= 0.3 is 0 Å². The van der Waals surface area contributed by atoms with E-state index in [0.717, 1.165) is 57.4 Å². The van der Waals surface area contributed by atoms with Crippen LogP contribution in [0.25, 0.3) is 11.5 Å². The minimum atomic E-state index is 0.639. The lowest BCUT2D eigenvalue weighted by Gasteiger charge is -2.34. The average Bonchev–Trinajstić information content (AvgIpc) is 3.03. The molecule has 0 aliphatic carbocycles. The standard InChI is InChI=1S/C17H24N4O2/c1-22-12-11-20-7-9-21(10-8-20)13-14-4-5-16(23-14)17-15(18)3-2-6-19-17/h2-6H,7-13,18H2,1H3. The van der Waals surface area contributed by atoms with E-state index in [1.54, 1.807) is 13.3 Å². The lowest BCUT2D eigenvalue weighted by molar-refractivity contribution is 0.0906. The van der Waals surface area contributed by atoms with E-state index in [9.17, 15) is 0 Å². The Kier molecular flexibility index (Phi) is 5.27. The maximum absolute atomic E-state index is 5.95. The van der Waals surface area contributed by atoms with Crippen molar-refractivity contribution in [2.24, 2.45) is 0 Å². The lowest BCUT2D eigenvalue weighted by Crippen LogP contribution is -2.46. The van der Waals surface area contributed by atoms with Crippen molar-refractivity contribution in [1.29, 1.82) is 0 Å². The van der Waals surface area contributed by atoms with Gasteiger partial charge in [-0.25, -0.2) is 0 Å². The van der Waals surface area contributed by atoms with Crippen LogP contribution in [0.4, 0.5) is 5.69 Å². The molecule has 1 saturated heterocycles. The fourth-order valence-electron chi connectivity index (χ4n) is 2.83. The number of furan rings is 1. The molecule has 0 bridgehead atoms. The van der Waals surface area contributed by atoms with Crippen molar-refractivity contribution in [2.75, 3.05) is 52.2 Å². The third kappa shape index (κ3) is 4.10. The first-order valence-electron chi connectivity index (χ1n) is 7.99. The van der Waals surface area contributed by atoms with Crippen molar-refractivity contribution in [2.45, 2.75) is 6.54 Å². The molecule has 1 aliphatic heterocycles. The van der Waals surface area contributed by atoms with Crippen LogP contribution in [0.15, 0.2) is 34.9 Å². The molecule has 3 rings (SSSR count). The topological polar surface area (TPSA) is 67.8 Å². The summed E-state index contributed by atoms with van der Waals surface area (Å²) in [5.74, 6) is 1.69. The molecule has 6 heteroatoms. The first-order chi connectivity index (χ1) is 11.3. The summed E-state index contributed by atoms with van der Waals surface area (Å²) in [7, 11) is 1.75. The molecule has 0 unspecified atom stereocenters.